The molecule has 0 unspecified atom stereocenters. The Kier molecular flexibility index (Phi) is 18.3. The molecule has 1 aliphatic rings. The van der Waals surface area contributed by atoms with Crippen molar-refractivity contribution in [3.05, 3.63) is 47.7 Å². The smallest absolute Gasteiger partial charge is 0.480 e. The number of nitrogens with zero attached hydrogens (tertiary/aromatic N) is 7. The summed E-state index contributed by atoms with van der Waals surface area (Å²) in [5.74, 6) is -3.24. The minimum Gasteiger partial charge on any atom is -0.480 e. The van der Waals surface area contributed by atoms with Gasteiger partial charge in [-0.3, -0.25) is 38.8 Å². The maximum Gasteiger partial charge on any atom is 0.489 e. The number of aryl methyl sites for hydroxylation is 1. The van der Waals surface area contributed by atoms with E-state index in [4.69, 9.17) is 4.84 Å². The first-order valence-electron chi connectivity index (χ1n) is 17.4. The molecule has 1 saturated heterocycles. The number of fused-ring (bicyclic) bond motifs is 3. The molecule has 19 heteroatoms. The number of carboxylic acid groups (broad SMARTS) is 3. The van der Waals surface area contributed by atoms with Gasteiger partial charge in [-0.2, -0.15) is 9.63 Å². The number of likely N-dealkylation sites (N-methyl/N-ethyl adjacent to an activating group) is 1. The molecule has 5 N–H and O–H groups in total. The summed E-state index contributed by atoms with van der Waals surface area (Å²) in [7, 11) is 5.28. The zero-order valence-corrected chi connectivity index (χ0v) is 33.7. The molecule has 295 valence electrons. The second-order valence-corrected chi connectivity index (χ2v) is 13.5. The van der Waals surface area contributed by atoms with Crippen LogP contribution < -0.4 is 10.0 Å². The van der Waals surface area contributed by atoms with Crippen molar-refractivity contribution < 1.29 is 103 Å². The monoisotopic (exact) mass is 893 g/mol. The Balaban J connectivity index is 0.00000784. The molecule has 1 fully saturated rings. The SMILES string of the molecule is CON(C)Cc1c2c(B(O)O)cccc2c2cc(CN(C)C(=O)CN3CCN(CC(=O)O)CCN(CC(=O)O)CCN(CC(=O)O)CC3)ccc2[n+]1C.[Eu]. The van der Waals surface area contributed by atoms with Crippen LogP contribution in [0.1, 0.15) is 11.3 Å². The quantitative estimate of drug-likeness (QED) is 0.0511. The van der Waals surface area contributed by atoms with Crippen molar-refractivity contribution in [2.45, 2.75) is 13.1 Å². The van der Waals surface area contributed by atoms with E-state index in [-0.39, 0.29) is 114 Å². The van der Waals surface area contributed by atoms with Crippen molar-refractivity contribution in [1.82, 2.24) is 29.6 Å². The number of aromatic nitrogens is 1. The van der Waals surface area contributed by atoms with Crippen LogP contribution in [0.25, 0.3) is 21.7 Å². The summed E-state index contributed by atoms with van der Waals surface area (Å²) in [6.45, 7) is 2.38. The number of aliphatic carboxylic acids is 3. The van der Waals surface area contributed by atoms with Gasteiger partial charge < -0.3 is 35.1 Å². The molecule has 4 rings (SSSR count). The molecule has 0 atom stereocenters. The van der Waals surface area contributed by atoms with Crippen LogP contribution in [0.3, 0.4) is 0 Å². The van der Waals surface area contributed by atoms with Crippen LogP contribution in [0.5, 0.6) is 0 Å². The third-order valence-electron chi connectivity index (χ3n) is 9.68. The van der Waals surface area contributed by atoms with E-state index in [1.807, 2.05) is 40.8 Å². The minimum absolute atomic E-state index is 0. The molecule has 1 radical (unpaired) electrons. The fourth-order valence-electron chi connectivity index (χ4n) is 6.75. The molecule has 0 aliphatic carbocycles. The summed E-state index contributed by atoms with van der Waals surface area (Å²) in [5.41, 5.74) is 2.95. The van der Waals surface area contributed by atoms with Crippen LogP contribution in [0.4, 0.5) is 0 Å². The van der Waals surface area contributed by atoms with Gasteiger partial charge in [0.2, 0.25) is 17.1 Å². The molecule has 1 aromatic heterocycles. The average molecular weight is 893 g/mol. The number of amides is 1. The molecular weight excluding hydrogens is 841 g/mol. The second-order valence-electron chi connectivity index (χ2n) is 13.5. The minimum atomic E-state index is -1.69. The van der Waals surface area contributed by atoms with E-state index in [1.54, 1.807) is 58.0 Å². The Morgan fingerprint density at radius 3 is 1.67 bits per heavy atom. The number of carboxylic acids is 3. The maximum atomic E-state index is 13.7. The number of rotatable bonds is 14. The first kappa shape index (κ1) is 45.7. The first-order valence-corrected chi connectivity index (χ1v) is 17.4. The zero-order chi connectivity index (χ0) is 38.8. The van der Waals surface area contributed by atoms with Crippen LogP contribution >= 0.6 is 0 Å². The van der Waals surface area contributed by atoms with E-state index < -0.39 is 25.0 Å². The topological polar surface area (TPSA) is 202 Å². The normalized spacial score (nSPS) is 15.8. The van der Waals surface area contributed by atoms with Gasteiger partial charge in [0, 0.05) is 134 Å². The predicted molar refractivity (Wildman–Crippen MR) is 196 cm³/mol. The van der Waals surface area contributed by atoms with Crippen molar-refractivity contribution in [3.8, 4) is 0 Å². The van der Waals surface area contributed by atoms with Gasteiger partial charge in [0.15, 0.2) is 0 Å². The number of carbonyl (C=O) groups is 4. The third kappa shape index (κ3) is 12.9. The summed E-state index contributed by atoms with van der Waals surface area (Å²) < 4.78 is 2.00. The summed E-state index contributed by atoms with van der Waals surface area (Å²) >= 11 is 0. The Bertz CT molecular complexity index is 1760. The van der Waals surface area contributed by atoms with Crippen molar-refractivity contribution in [3.63, 3.8) is 0 Å². The number of hydrogen-bond donors (Lipinski definition) is 5. The van der Waals surface area contributed by atoms with Crippen molar-refractivity contribution >= 4 is 58.1 Å². The van der Waals surface area contributed by atoms with Gasteiger partial charge in [0.25, 0.3) is 0 Å². The molecule has 2 aromatic carbocycles. The number of pyridine rings is 1. The van der Waals surface area contributed by atoms with Crippen molar-refractivity contribution in [2.24, 2.45) is 7.05 Å². The molecule has 0 saturated carbocycles. The van der Waals surface area contributed by atoms with E-state index in [0.29, 0.717) is 43.6 Å². The average Bonchev–Trinajstić information content (AvgIpc) is 3.09. The van der Waals surface area contributed by atoms with Crippen LogP contribution in [-0.4, -0.2) is 186 Å². The van der Waals surface area contributed by atoms with Gasteiger partial charge in [-0.1, -0.05) is 24.3 Å². The summed E-state index contributed by atoms with van der Waals surface area (Å²) in [4.78, 5) is 62.5. The molecule has 0 bridgehead atoms. The van der Waals surface area contributed by atoms with E-state index in [1.165, 1.54) is 0 Å². The zero-order valence-electron chi connectivity index (χ0n) is 31.2. The largest absolute Gasteiger partial charge is 0.489 e. The molecule has 1 aliphatic heterocycles. The molecule has 0 spiro atoms. The second kappa shape index (κ2) is 21.6. The van der Waals surface area contributed by atoms with Gasteiger partial charge in [-0.25, -0.2) is 0 Å². The molecule has 2 heterocycles. The molecule has 17 nitrogen and oxygen atoms in total. The van der Waals surface area contributed by atoms with Gasteiger partial charge in [-0.15, -0.1) is 0 Å². The van der Waals surface area contributed by atoms with Gasteiger partial charge in [0.1, 0.15) is 13.6 Å². The van der Waals surface area contributed by atoms with E-state index in [2.05, 4.69) is 0 Å². The van der Waals surface area contributed by atoms with Crippen LogP contribution in [-0.2, 0) is 44.2 Å². The number of hydroxylamine groups is 2. The summed E-state index contributed by atoms with van der Waals surface area (Å²) in [6, 6.07) is 11.3. The fourth-order valence-corrected chi connectivity index (χ4v) is 6.75. The molecule has 1 amide bonds. The van der Waals surface area contributed by atoms with E-state index in [0.717, 1.165) is 27.5 Å². The van der Waals surface area contributed by atoms with Crippen molar-refractivity contribution in [2.75, 3.05) is 99.7 Å². The fraction of sp³-hybridized carbons (Fsp3) is 0.514. The number of carbonyl (C=O) groups excluding carboxylic acids is 1. The standard InChI is InChI=1S/C35H50BN7O10.Eu/c1-37(19-25-8-9-29-27(18-25)26-6-5-7-28(36(51)52)35(26)30(39(29)3)20-38(2)53-4)31(44)21-40-10-12-41(22-32(45)46)14-16-43(24-34(49)50)17-15-42(13-11-40)23-33(47)48;/h5-9,18,51-52H,10-17,19-24H2,1-4H3,(H2-,45,46,47,48,49,50);/p+1. The maximum absolute atomic E-state index is 13.7. The Hall–Kier alpha value is -2.68. The Morgan fingerprint density at radius 2 is 1.22 bits per heavy atom. The molecule has 3 aromatic rings. The van der Waals surface area contributed by atoms with Gasteiger partial charge >= 0.3 is 25.0 Å². The third-order valence-corrected chi connectivity index (χ3v) is 9.68. The Morgan fingerprint density at radius 1 is 0.741 bits per heavy atom. The van der Waals surface area contributed by atoms with Crippen LogP contribution in [0.2, 0.25) is 0 Å². The van der Waals surface area contributed by atoms with E-state index in [9.17, 15) is 44.5 Å². The Labute approximate surface area is 355 Å². The molecule has 54 heavy (non-hydrogen) atoms. The molecular formula is C35H51BEuN7O10+. The van der Waals surface area contributed by atoms with Crippen molar-refractivity contribution in [1.29, 1.82) is 0 Å². The van der Waals surface area contributed by atoms with E-state index >= 15 is 0 Å². The first-order chi connectivity index (χ1) is 25.2. The predicted octanol–water partition coefficient (Wildman–Crippen LogP) is -2.08. The van der Waals surface area contributed by atoms with Crippen LogP contribution in [0, 0.1) is 49.4 Å². The van der Waals surface area contributed by atoms with Crippen LogP contribution in [0.15, 0.2) is 36.4 Å². The van der Waals surface area contributed by atoms with Gasteiger partial charge in [-0.05, 0) is 17.1 Å². The number of hydrogen-bond acceptors (Lipinski definition) is 12. The summed E-state index contributed by atoms with van der Waals surface area (Å²) in [5, 5.41) is 53.0. The summed E-state index contributed by atoms with van der Waals surface area (Å²) in [6.07, 6.45) is 0. The van der Waals surface area contributed by atoms with Gasteiger partial charge in [0.05, 0.1) is 44.1 Å². The number of benzene rings is 2.